The second-order valence-electron chi connectivity index (χ2n) is 3.63. The molecule has 0 bridgehead atoms. The van der Waals surface area contributed by atoms with Crippen LogP contribution in [0.3, 0.4) is 0 Å². The number of carboxylic acid groups (broad SMARTS) is 1. The fraction of sp³-hybridized carbons (Fsp3) is 0.250. The van der Waals surface area contributed by atoms with E-state index in [9.17, 15) is 14.7 Å². The molecule has 5 nitrogen and oxygen atoms in total. The monoisotopic (exact) mass is 311 g/mol. The fourth-order valence-corrected chi connectivity index (χ4v) is 1.67. The molecule has 6 heteroatoms. The molecule has 0 aliphatic rings. The van der Waals surface area contributed by atoms with Gasteiger partial charge in [0.2, 0.25) is 0 Å². The highest BCUT2D eigenvalue weighted by Crippen LogP contribution is 2.21. The lowest BCUT2D eigenvalue weighted by atomic mass is 9.97. The highest BCUT2D eigenvalue weighted by atomic mass is 79.9. The van der Waals surface area contributed by atoms with E-state index in [0.29, 0.717) is 0 Å². The van der Waals surface area contributed by atoms with Gasteiger partial charge in [-0.15, -0.1) is 0 Å². The summed E-state index contributed by atoms with van der Waals surface area (Å²) >= 11 is 3.11. The van der Waals surface area contributed by atoms with Crippen LogP contribution in [-0.2, 0) is 4.79 Å². The molecule has 18 heavy (non-hydrogen) atoms. The van der Waals surface area contributed by atoms with Crippen molar-refractivity contribution in [3.8, 4) is 6.07 Å². The molecule has 0 aliphatic heterocycles. The predicted octanol–water partition coefficient (Wildman–Crippen LogP) is 1.64. The summed E-state index contributed by atoms with van der Waals surface area (Å²) in [4.78, 5) is 22.0. The first-order valence-electron chi connectivity index (χ1n) is 5.01. The van der Waals surface area contributed by atoms with Crippen molar-refractivity contribution in [1.29, 1.82) is 5.26 Å². The molecular formula is C12H10BrNO4. The number of alkyl halides is 1. The SMILES string of the molecule is CC(Br)C(=O)c1ccc(C#N)c(C(O)C(=O)O)c1. The van der Waals surface area contributed by atoms with Crippen LogP contribution in [-0.4, -0.2) is 26.8 Å². The standard InChI is InChI=1S/C12H10BrNO4/c1-6(13)10(15)7-2-3-8(5-14)9(4-7)11(16)12(17)18/h2-4,6,11,16H,1H3,(H,17,18). The lowest BCUT2D eigenvalue weighted by Gasteiger charge is -2.10. The Balaban J connectivity index is 3.31. The van der Waals surface area contributed by atoms with Crippen LogP contribution in [0.25, 0.3) is 0 Å². The van der Waals surface area contributed by atoms with Gasteiger partial charge in [0, 0.05) is 11.1 Å². The average molecular weight is 312 g/mol. The number of aliphatic carboxylic acids is 1. The summed E-state index contributed by atoms with van der Waals surface area (Å²) in [6.45, 7) is 1.63. The van der Waals surface area contributed by atoms with E-state index in [1.807, 2.05) is 0 Å². The summed E-state index contributed by atoms with van der Waals surface area (Å²) < 4.78 is 0. The Labute approximate surface area is 112 Å². The Morgan fingerprint density at radius 1 is 1.44 bits per heavy atom. The maximum Gasteiger partial charge on any atom is 0.337 e. The lowest BCUT2D eigenvalue weighted by molar-refractivity contribution is -0.146. The van der Waals surface area contributed by atoms with Gasteiger partial charge in [0.25, 0.3) is 0 Å². The minimum absolute atomic E-state index is 0.0312. The molecule has 1 aromatic carbocycles. The molecule has 2 atom stereocenters. The highest BCUT2D eigenvalue weighted by Gasteiger charge is 2.22. The van der Waals surface area contributed by atoms with Gasteiger partial charge in [0.05, 0.1) is 16.5 Å². The van der Waals surface area contributed by atoms with Gasteiger partial charge in [-0.05, 0) is 19.1 Å². The molecule has 0 fully saturated rings. The lowest BCUT2D eigenvalue weighted by Crippen LogP contribution is -2.15. The summed E-state index contributed by atoms with van der Waals surface area (Å²) in [6.07, 6.45) is -1.82. The number of halogens is 1. The van der Waals surface area contributed by atoms with Gasteiger partial charge in [-0.2, -0.15) is 5.26 Å². The van der Waals surface area contributed by atoms with Crippen LogP contribution in [0.1, 0.15) is 34.5 Å². The summed E-state index contributed by atoms with van der Waals surface area (Å²) in [5.74, 6) is -1.72. The number of hydrogen-bond acceptors (Lipinski definition) is 4. The van der Waals surface area contributed by atoms with Crippen molar-refractivity contribution < 1.29 is 19.8 Å². The number of Topliss-reactive ketones (excluding diaryl/α,β-unsaturated/α-hetero) is 1. The van der Waals surface area contributed by atoms with Crippen molar-refractivity contribution in [2.45, 2.75) is 17.9 Å². The minimum atomic E-state index is -1.82. The van der Waals surface area contributed by atoms with Crippen LogP contribution >= 0.6 is 15.9 Å². The molecule has 0 aliphatic carbocycles. The van der Waals surface area contributed by atoms with E-state index in [-0.39, 0.29) is 22.5 Å². The molecule has 0 amide bonds. The third-order valence-electron chi connectivity index (χ3n) is 2.35. The second kappa shape index (κ2) is 5.76. The van der Waals surface area contributed by atoms with Gasteiger partial charge >= 0.3 is 5.97 Å². The van der Waals surface area contributed by atoms with Crippen LogP contribution in [0.5, 0.6) is 0 Å². The first-order chi connectivity index (χ1) is 8.38. The first kappa shape index (κ1) is 14.4. The largest absolute Gasteiger partial charge is 0.479 e. The minimum Gasteiger partial charge on any atom is -0.479 e. The third-order valence-corrected chi connectivity index (χ3v) is 2.76. The van der Waals surface area contributed by atoms with E-state index in [1.54, 1.807) is 13.0 Å². The average Bonchev–Trinajstić information content (AvgIpc) is 2.35. The van der Waals surface area contributed by atoms with Crippen LogP contribution in [0.15, 0.2) is 18.2 Å². The Hall–Kier alpha value is -1.71. The zero-order chi connectivity index (χ0) is 13.9. The first-order valence-corrected chi connectivity index (χ1v) is 5.93. The molecule has 2 N–H and O–H groups in total. The fourth-order valence-electron chi connectivity index (χ4n) is 1.41. The normalized spacial score (nSPS) is 13.4. The van der Waals surface area contributed by atoms with Gasteiger partial charge in [0.1, 0.15) is 0 Å². The number of ketones is 1. The highest BCUT2D eigenvalue weighted by molar-refractivity contribution is 9.10. The Bertz CT molecular complexity index is 533. The number of benzene rings is 1. The molecule has 1 rings (SSSR count). The number of aliphatic hydroxyl groups excluding tert-OH is 1. The topological polar surface area (TPSA) is 98.4 Å². The summed E-state index contributed by atoms with van der Waals surface area (Å²) in [5, 5.41) is 27.1. The van der Waals surface area contributed by atoms with E-state index in [2.05, 4.69) is 15.9 Å². The van der Waals surface area contributed by atoms with Gasteiger partial charge in [-0.3, -0.25) is 4.79 Å². The number of nitriles is 1. The third kappa shape index (κ3) is 2.94. The summed E-state index contributed by atoms with van der Waals surface area (Å²) in [7, 11) is 0. The number of carbonyl (C=O) groups excluding carboxylic acids is 1. The number of nitrogens with zero attached hydrogens (tertiary/aromatic N) is 1. The molecule has 0 heterocycles. The number of carbonyl (C=O) groups is 2. The Morgan fingerprint density at radius 3 is 2.50 bits per heavy atom. The summed E-state index contributed by atoms with van der Waals surface area (Å²) in [5.41, 5.74) is 0.196. The van der Waals surface area contributed by atoms with Crippen LogP contribution < -0.4 is 0 Å². The maximum absolute atomic E-state index is 11.7. The Morgan fingerprint density at radius 2 is 2.06 bits per heavy atom. The molecule has 0 aromatic heterocycles. The zero-order valence-electron chi connectivity index (χ0n) is 9.42. The van der Waals surface area contributed by atoms with Crippen molar-refractivity contribution in [2.75, 3.05) is 0 Å². The second-order valence-corrected chi connectivity index (χ2v) is 5.01. The molecule has 0 spiro atoms. The molecule has 0 saturated carbocycles. The smallest absolute Gasteiger partial charge is 0.337 e. The van der Waals surface area contributed by atoms with Crippen LogP contribution in [0.4, 0.5) is 0 Å². The van der Waals surface area contributed by atoms with Gasteiger partial charge < -0.3 is 10.2 Å². The van der Waals surface area contributed by atoms with Gasteiger partial charge in [-0.1, -0.05) is 22.0 Å². The number of rotatable bonds is 4. The quantitative estimate of drug-likeness (QED) is 0.650. The van der Waals surface area contributed by atoms with Crippen LogP contribution in [0, 0.1) is 11.3 Å². The van der Waals surface area contributed by atoms with E-state index in [0.717, 1.165) is 0 Å². The van der Waals surface area contributed by atoms with E-state index in [1.165, 1.54) is 18.2 Å². The summed E-state index contributed by atoms with van der Waals surface area (Å²) in [6, 6.07) is 5.76. The van der Waals surface area contributed by atoms with Crippen LogP contribution in [0.2, 0.25) is 0 Å². The molecule has 0 radical (unpaired) electrons. The molecular weight excluding hydrogens is 302 g/mol. The molecule has 0 saturated heterocycles. The van der Waals surface area contributed by atoms with E-state index >= 15 is 0 Å². The molecule has 94 valence electrons. The van der Waals surface area contributed by atoms with E-state index in [4.69, 9.17) is 10.4 Å². The van der Waals surface area contributed by atoms with Gasteiger partial charge in [0.15, 0.2) is 11.9 Å². The van der Waals surface area contributed by atoms with Gasteiger partial charge in [-0.25, -0.2) is 4.79 Å². The molecule has 2 unspecified atom stereocenters. The predicted molar refractivity (Wildman–Crippen MR) is 66.5 cm³/mol. The maximum atomic E-state index is 11.7. The van der Waals surface area contributed by atoms with Crippen molar-refractivity contribution in [3.63, 3.8) is 0 Å². The Kier molecular flexibility index (Phi) is 4.59. The van der Waals surface area contributed by atoms with Crippen molar-refractivity contribution in [3.05, 3.63) is 34.9 Å². The number of aliphatic hydroxyl groups is 1. The number of carboxylic acids is 1. The number of hydrogen-bond donors (Lipinski definition) is 2. The van der Waals surface area contributed by atoms with E-state index < -0.39 is 16.9 Å². The molecule has 1 aromatic rings. The van der Waals surface area contributed by atoms with Crippen molar-refractivity contribution in [2.24, 2.45) is 0 Å². The van der Waals surface area contributed by atoms with Crippen molar-refractivity contribution >= 4 is 27.7 Å². The zero-order valence-corrected chi connectivity index (χ0v) is 11.0. The van der Waals surface area contributed by atoms with Crippen molar-refractivity contribution in [1.82, 2.24) is 0 Å².